The van der Waals surface area contributed by atoms with Crippen molar-refractivity contribution in [3.8, 4) is 5.75 Å². The van der Waals surface area contributed by atoms with Crippen LogP contribution in [0.4, 0.5) is 0 Å². The van der Waals surface area contributed by atoms with Crippen LogP contribution in [0, 0.1) is 6.92 Å². The smallest absolute Gasteiger partial charge is 0.242 e. The number of ether oxygens (including phenoxy) is 1. The molecule has 0 aromatic heterocycles. The third kappa shape index (κ3) is 7.13. The van der Waals surface area contributed by atoms with Gasteiger partial charge in [-0.15, -0.1) is 11.8 Å². The van der Waals surface area contributed by atoms with Gasteiger partial charge in [-0.3, -0.25) is 9.59 Å². The zero-order valence-electron chi connectivity index (χ0n) is 17.8. The number of carbonyl (C=O) groups excluding carboxylic acids is 2. The maximum absolute atomic E-state index is 13.0. The minimum absolute atomic E-state index is 0.0184. The molecule has 2 aromatic carbocycles. The molecule has 2 aromatic rings. The second-order valence-electron chi connectivity index (χ2n) is 7.31. The van der Waals surface area contributed by atoms with Crippen molar-refractivity contribution in [2.45, 2.75) is 51.2 Å². The van der Waals surface area contributed by atoms with Gasteiger partial charge in [-0.25, -0.2) is 0 Å². The summed E-state index contributed by atoms with van der Waals surface area (Å²) < 4.78 is 5.20. The van der Waals surface area contributed by atoms with Crippen LogP contribution in [0.3, 0.4) is 0 Å². The SMILES string of the molecule is COc1ccc(CN(C(=O)CSc2ccc(C)cc2)[C@H](C)C(=O)NC(C)C)cc1. The predicted octanol–water partition coefficient (Wildman–Crippen LogP) is 4.04. The number of amides is 2. The highest BCUT2D eigenvalue weighted by Gasteiger charge is 2.26. The number of nitrogens with zero attached hydrogens (tertiary/aromatic N) is 1. The fraction of sp³-hybridized carbons (Fsp3) is 0.391. The van der Waals surface area contributed by atoms with Gasteiger partial charge < -0.3 is 15.0 Å². The van der Waals surface area contributed by atoms with E-state index in [2.05, 4.69) is 5.32 Å². The van der Waals surface area contributed by atoms with Crippen molar-refractivity contribution in [1.29, 1.82) is 0 Å². The zero-order chi connectivity index (χ0) is 21.4. The Morgan fingerprint density at radius 2 is 1.66 bits per heavy atom. The van der Waals surface area contributed by atoms with Crippen LogP contribution in [0.15, 0.2) is 53.4 Å². The van der Waals surface area contributed by atoms with Crippen molar-refractivity contribution >= 4 is 23.6 Å². The van der Waals surface area contributed by atoms with Crippen molar-refractivity contribution < 1.29 is 14.3 Å². The lowest BCUT2D eigenvalue weighted by molar-refractivity contribution is -0.138. The van der Waals surface area contributed by atoms with Gasteiger partial charge in [-0.05, 0) is 57.5 Å². The molecule has 29 heavy (non-hydrogen) atoms. The van der Waals surface area contributed by atoms with E-state index in [0.717, 1.165) is 16.2 Å². The van der Waals surface area contributed by atoms with Gasteiger partial charge in [0.05, 0.1) is 12.9 Å². The molecule has 6 heteroatoms. The predicted molar refractivity (Wildman–Crippen MR) is 118 cm³/mol. The van der Waals surface area contributed by atoms with Crippen molar-refractivity contribution in [2.24, 2.45) is 0 Å². The molecular weight excluding hydrogens is 384 g/mol. The molecule has 0 unspecified atom stereocenters. The molecule has 0 aliphatic heterocycles. The number of aryl methyl sites for hydroxylation is 1. The lowest BCUT2D eigenvalue weighted by atomic mass is 10.1. The molecule has 0 bridgehead atoms. The van der Waals surface area contributed by atoms with Crippen molar-refractivity contribution in [3.63, 3.8) is 0 Å². The van der Waals surface area contributed by atoms with Gasteiger partial charge in [0.15, 0.2) is 0 Å². The lowest BCUT2D eigenvalue weighted by Crippen LogP contribution is -2.49. The molecule has 0 saturated carbocycles. The first-order valence-electron chi connectivity index (χ1n) is 9.72. The molecule has 1 atom stereocenters. The van der Waals surface area contributed by atoms with Crippen LogP contribution in [0.25, 0.3) is 0 Å². The van der Waals surface area contributed by atoms with Crippen LogP contribution in [-0.4, -0.2) is 41.7 Å². The van der Waals surface area contributed by atoms with E-state index in [-0.39, 0.29) is 23.6 Å². The van der Waals surface area contributed by atoms with E-state index in [1.807, 2.05) is 69.3 Å². The molecule has 5 nitrogen and oxygen atoms in total. The van der Waals surface area contributed by atoms with Crippen molar-refractivity contribution in [2.75, 3.05) is 12.9 Å². The van der Waals surface area contributed by atoms with Crippen LogP contribution in [-0.2, 0) is 16.1 Å². The van der Waals surface area contributed by atoms with E-state index in [4.69, 9.17) is 4.74 Å². The fourth-order valence-corrected chi connectivity index (χ4v) is 3.56. The van der Waals surface area contributed by atoms with Crippen LogP contribution >= 0.6 is 11.8 Å². The number of hydrogen-bond acceptors (Lipinski definition) is 4. The number of carbonyl (C=O) groups is 2. The van der Waals surface area contributed by atoms with E-state index in [0.29, 0.717) is 6.54 Å². The Hall–Kier alpha value is -2.47. The van der Waals surface area contributed by atoms with Crippen LogP contribution in [0.2, 0.25) is 0 Å². The number of rotatable bonds is 9. The van der Waals surface area contributed by atoms with Crippen LogP contribution in [0.1, 0.15) is 31.9 Å². The van der Waals surface area contributed by atoms with Crippen molar-refractivity contribution in [1.82, 2.24) is 10.2 Å². The minimum Gasteiger partial charge on any atom is -0.497 e. The number of hydrogen-bond donors (Lipinski definition) is 1. The Morgan fingerprint density at radius 3 is 2.21 bits per heavy atom. The molecule has 0 saturated heterocycles. The summed E-state index contributed by atoms with van der Waals surface area (Å²) in [7, 11) is 1.62. The highest BCUT2D eigenvalue weighted by molar-refractivity contribution is 8.00. The van der Waals surface area contributed by atoms with E-state index in [9.17, 15) is 9.59 Å². The standard InChI is InChI=1S/C23H30N2O3S/c1-16(2)24-23(27)18(4)25(14-19-8-10-20(28-5)11-9-19)22(26)15-29-21-12-6-17(3)7-13-21/h6-13,16,18H,14-15H2,1-5H3,(H,24,27)/t18-/m1/s1. The fourth-order valence-electron chi connectivity index (χ4n) is 2.78. The molecule has 0 spiro atoms. The summed E-state index contributed by atoms with van der Waals surface area (Å²) in [4.78, 5) is 28.3. The highest BCUT2D eigenvalue weighted by Crippen LogP contribution is 2.21. The Labute approximate surface area is 177 Å². The maximum atomic E-state index is 13.0. The largest absolute Gasteiger partial charge is 0.497 e. The third-order valence-corrected chi connectivity index (χ3v) is 5.49. The number of thioether (sulfide) groups is 1. The topological polar surface area (TPSA) is 58.6 Å². The van der Waals surface area contributed by atoms with E-state index in [1.165, 1.54) is 17.3 Å². The van der Waals surface area contributed by atoms with Gasteiger partial charge in [0.25, 0.3) is 0 Å². The Balaban J connectivity index is 2.13. The van der Waals surface area contributed by atoms with Gasteiger partial charge in [0.2, 0.25) is 11.8 Å². The Bertz CT molecular complexity index is 804. The molecule has 1 N–H and O–H groups in total. The second kappa shape index (κ2) is 10.9. The summed E-state index contributed by atoms with van der Waals surface area (Å²) in [5, 5.41) is 2.90. The first kappa shape index (κ1) is 22.8. The molecule has 0 heterocycles. The van der Waals surface area contributed by atoms with Crippen LogP contribution < -0.4 is 10.1 Å². The summed E-state index contributed by atoms with van der Waals surface area (Å²) in [6.07, 6.45) is 0. The Kier molecular flexibility index (Phi) is 8.58. The summed E-state index contributed by atoms with van der Waals surface area (Å²) in [6.45, 7) is 7.99. The summed E-state index contributed by atoms with van der Waals surface area (Å²) in [5.74, 6) is 0.811. The van der Waals surface area contributed by atoms with Crippen molar-refractivity contribution in [3.05, 3.63) is 59.7 Å². The van der Waals surface area contributed by atoms with E-state index >= 15 is 0 Å². The molecule has 156 valence electrons. The maximum Gasteiger partial charge on any atom is 0.242 e. The number of benzene rings is 2. The monoisotopic (exact) mass is 414 g/mol. The molecule has 0 aliphatic rings. The molecule has 2 amide bonds. The molecule has 2 rings (SSSR count). The first-order chi connectivity index (χ1) is 13.8. The first-order valence-corrected chi connectivity index (χ1v) is 10.7. The molecule has 0 radical (unpaired) electrons. The normalized spacial score (nSPS) is 11.8. The quantitative estimate of drug-likeness (QED) is 0.629. The summed E-state index contributed by atoms with van der Waals surface area (Å²) in [5.41, 5.74) is 2.13. The molecular formula is C23H30N2O3S. The van der Waals surface area contributed by atoms with Crippen LogP contribution in [0.5, 0.6) is 5.75 Å². The average molecular weight is 415 g/mol. The van der Waals surface area contributed by atoms with Gasteiger partial charge in [0.1, 0.15) is 11.8 Å². The van der Waals surface area contributed by atoms with E-state index < -0.39 is 6.04 Å². The van der Waals surface area contributed by atoms with Gasteiger partial charge in [0, 0.05) is 17.5 Å². The van der Waals surface area contributed by atoms with Gasteiger partial charge >= 0.3 is 0 Å². The minimum atomic E-state index is -0.564. The molecule has 0 fully saturated rings. The average Bonchev–Trinajstić information content (AvgIpc) is 2.70. The third-order valence-electron chi connectivity index (χ3n) is 4.49. The summed E-state index contributed by atoms with van der Waals surface area (Å²) >= 11 is 1.48. The number of methoxy groups -OCH3 is 1. The lowest BCUT2D eigenvalue weighted by Gasteiger charge is -2.29. The van der Waals surface area contributed by atoms with Gasteiger partial charge in [-0.2, -0.15) is 0 Å². The number of nitrogens with one attached hydrogen (secondary N) is 1. The zero-order valence-corrected chi connectivity index (χ0v) is 18.6. The second-order valence-corrected chi connectivity index (χ2v) is 8.36. The van der Waals surface area contributed by atoms with E-state index in [1.54, 1.807) is 18.9 Å². The molecule has 0 aliphatic carbocycles. The van der Waals surface area contributed by atoms with Gasteiger partial charge in [-0.1, -0.05) is 29.8 Å². The highest BCUT2D eigenvalue weighted by atomic mass is 32.2. The summed E-state index contributed by atoms with van der Waals surface area (Å²) in [6, 6.07) is 15.1. The Morgan fingerprint density at radius 1 is 1.03 bits per heavy atom.